The molecule has 1 saturated heterocycles. The second kappa shape index (κ2) is 4.02. The number of hydrogen-bond acceptors (Lipinski definition) is 2. The van der Waals surface area contributed by atoms with Crippen LogP contribution in [0.4, 0.5) is 8.78 Å². The molecule has 2 nitrogen and oxygen atoms in total. The van der Waals surface area contributed by atoms with E-state index in [0.29, 0.717) is 12.1 Å². The van der Waals surface area contributed by atoms with Crippen LogP contribution in [-0.4, -0.2) is 19.6 Å². The summed E-state index contributed by atoms with van der Waals surface area (Å²) in [5.41, 5.74) is 0.662. The van der Waals surface area contributed by atoms with Crippen molar-refractivity contribution in [1.82, 2.24) is 10.6 Å². The highest BCUT2D eigenvalue weighted by Gasteiger charge is 2.15. The van der Waals surface area contributed by atoms with Crippen molar-refractivity contribution in [2.75, 3.05) is 19.6 Å². The van der Waals surface area contributed by atoms with Gasteiger partial charge in [-0.2, -0.15) is 0 Å². The summed E-state index contributed by atoms with van der Waals surface area (Å²) in [6, 6.07) is 3.63. The van der Waals surface area contributed by atoms with Crippen LogP contribution < -0.4 is 10.6 Å². The van der Waals surface area contributed by atoms with Gasteiger partial charge in [0.15, 0.2) is 0 Å². The summed E-state index contributed by atoms with van der Waals surface area (Å²) in [4.78, 5) is 0. The van der Waals surface area contributed by atoms with E-state index in [1.54, 1.807) is 0 Å². The number of benzene rings is 1. The molecule has 0 unspecified atom stereocenters. The largest absolute Gasteiger partial charge is 0.314 e. The van der Waals surface area contributed by atoms with Crippen LogP contribution in [0.3, 0.4) is 0 Å². The summed E-state index contributed by atoms with van der Waals surface area (Å²) in [6.07, 6.45) is 0. The Morgan fingerprint density at radius 2 is 1.79 bits per heavy atom. The molecule has 14 heavy (non-hydrogen) atoms. The number of piperazine rings is 1. The second-order valence-corrected chi connectivity index (χ2v) is 3.41. The van der Waals surface area contributed by atoms with Crippen LogP contribution in [0.15, 0.2) is 18.2 Å². The summed E-state index contributed by atoms with van der Waals surface area (Å²) in [7, 11) is 0. The van der Waals surface area contributed by atoms with Crippen LogP contribution in [0.25, 0.3) is 0 Å². The van der Waals surface area contributed by atoms with Crippen LogP contribution in [0.5, 0.6) is 0 Å². The van der Waals surface area contributed by atoms with Crippen molar-refractivity contribution in [3.63, 3.8) is 0 Å². The maximum Gasteiger partial charge on any atom is 0.126 e. The summed E-state index contributed by atoms with van der Waals surface area (Å²) in [5.74, 6) is -1.04. The Balaban J connectivity index is 2.21. The predicted molar refractivity (Wildman–Crippen MR) is 50.0 cm³/mol. The first-order valence-electron chi connectivity index (χ1n) is 4.66. The third-order valence-corrected chi connectivity index (χ3v) is 2.33. The third kappa shape index (κ3) is 2.08. The van der Waals surface area contributed by atoms with E-state index in [0.717, 1.165) is 19.2 Å². The van der Waals surface area contributed by atoms with Crippen molar-refractivity contribution in [1.29, 1.82) is 0 Å². The van der Waals surface area contributed by atoms with Gasteiger partial charge in [0.1, 0.15) is 11.6 Å². The average Bonchev–Trinajstić information content (AvgIpc) is 2.18. The molecule has 1 atom stereocenters. The molecule has 1 aliphatic heterocycles. The lowest BCUT2D eigenvalue weighted by Crippen LogP contribution is -2.42. The van der Waals surface area contributed by atoms with E-state index in [2.05, 4.69) is 10.6 Å². The molecule has 1 aromatic rings. The maximum absolute atomic E-state index is 12.9. The molecule has 0 radical (unpaired) electrons. The van der Waals surface area contributed by atoms with Crippen LogP contribution in [0, 0.1) is 11.6 Å². The quantitative estimate of drug-likeness (QED) is 0.708. The summed E-state index contributed by atoms with van der Waals surface area (Å²) in [5, 5.41) is 6.36. The zero-order valence-electron chi connectivity index (χ0n) is 7.69. The van der Waals surface area contributed by atoms with Gasteiger partial charge < -0.3 is 10.6 Å². The molecule has 0 amide bonds. The Morgan fingerprint density at radius 1 is 1.07 bits per heavy atom. The lowest BCUT2D eigenvalue weighted by Gasteiger charge is -2.24. The van der Waals surface area contributed by atoms with Gasteiger partial charge in [0.05, 0.1) is 0 Å². The summed E-state index contributed by atoms with van der Waals surface area (Å²) < 4.78 is 25.8. The molecular weight excluding hydrogens is 186 g/mol. The van der Waals surface area contributed by atoms with Crippen LogP contribution in [0.2, 0.25) is 0 Å². The number of rotatable bonds is 1. The molecule has 2 N–H and O–H groups in total. The fraction of sp³-hybridized carbons (Fsp3) is 0.400. The number of nitrogens with one attached hydrogen (secondary N) is 2. The molecule has 0 aliphatic carbocycles. The minimum absolute atomic E-state index is 0.00829. The van der Waals surface area contributed by atoms with E-state index in [9.17, 15) is 8.78 Å². The number of halogens is 2. The first-order valence-corrected chi connectivity index (χ1v) is 4.66. The Morgan fingerprint density at radius 3 is 2.36 bits per heavy atom. The molecule has 1 aromatic carbocycles. The van der Waals surface area contributed by atoms with Gasteiger partial charge in [0.25, 0.3) is 0 Å². The molecule has 0 spiro atoms. The maximum atomic E-state index is 12.9. The third-order valence-electron chi connectivity index (χ3n) is 2.33. The van der Waals surface area contributed by atoms with Gasteiger partial charge in [-0.05, 0) is 17.7 Å². The van der Waals surface area contributed by atoms with Crippen LogP contribution in [0.1, 0.15) is 11.6 Å². The highest BCUT2D eigenvalue weighted by atomic mass is 19.1. The van der Waals surface area contributed by atoms with Gasteiger partial charge in [-0.25, -0.2) is 8.78 Å². The lowest BCUT2D eigenvalue weighted by atomic mass is 10.1. The van der Waals surface area contributed by atoms with Gasteiger partial charge in [-0.1, -0.05) is 0 Å². The van der Waals surface area contributed by atoms with E-state index in [1.165, 1.54) is 12.1 Å². The van der Waals surface area contributed by atoms with Gasteiger partial charge in [-0.3, -0.25) is 0 Å². The van der Waals surface area contributed by atoms with Crippen molar-refractivity contribution in [3.8, 4) is 0 Å². The predicted octanol–water partition coefficient (Wildman–Crippen LogP) is 1.20. The fourth-order valence-corrected chi connectivity index (χ4v) is 1.67. The standard InChI is InChI=1S/C10H12F2N2/c11-8-3-7(4-9(12)5-8)10-6-13-1-2-14-10/h3-5,10,13-14H,1-2,6H2/t10-/m1/s1. The highest BCUT2D eigenvalue weighted by molar-refractivity contribution is 5.22. The molecular formula is C10H12F2N2. The first-order chi connectivity index (χ1) is 6.75. The molecule has 76 valence electrons. The summed E-state index contributed by atoms with van der Waals surface area (Å²) >= 11 is 0. The van der Waals surface area contributed by atoms with Crippen LogP contribution in [-0.2, 0) is 0 Å². The molecule has 1 fully saturated rings. The SMILES string of the molecule is Fc1cc(F)cc([C@H]2CNCCN2)c1. The van der Waals surface area contributed by atoms with E-state index in [4.69, 9.17) is 0 Å². The Kier molecular flexibility index (Phi) is 2.74. The molecule has 0 aromatic heterocycles. The van der Waals surface area contributed by atoms with Gasteiger partial charge in [-0.15, -0.1) is 0 Å². The Hall–Kier alpha value is -1.00. The monoisotopic (exact) mass is 198 g/mol. The van der Waals surface area contributed by atoms with Crippen molar-refractivity contribution in [3.05, 3.63) is 35.4 Å². The molecule has 0 bridgehead atoms. The normalized spacial score (nSPS) is 22.3. The van der Waals surface area contributed by atoms with Gasteiger partial charge >= 0.3 is 0 Å². The van der Waals surface area contributed by atoms with Crippen molar-refractivity contribution >= 4 is 0 Å². The molecule has 1 heterocycles. The smallest absolute Gasteiger partial charge is 0.126 e. The summed E-state index contributed by atoms with van der Waals surface area (Å²) in [6.45, 7) is 2.43. The molecule has 4 heteroatoms. The zero-order valence-corrected chi connectivity index (χ0v) is 7.69. The van der Waals surface area contributed by atoms with E-state index < -0.39 is 11.6 Å². The second-order valence-electron chi connectivity index (χ2n) is 3.41. The minimum atomic E-state index is -0.521. The Bertz CT molecular complexity index is 302. The van der Waals surface area contributed by atoms with Crippen LogP contribution >= 0.6 is 0 Å². The number of hydrogen-bond donors (Lipinski definition) is 2. The molecule has 2 rings (SSSR count). The average molecular weight is 198 g/mol. The minimum Gasteiger partial charge on any atom is -0.314 e. The molecule has 1 aliphatic rings. The van der Waals surface area contributed by atoms with E-state index in [-0.39, 0.29) is 6.04 Å². The van der Waals surface area contributed by atoms with Crippen molar-refractivity contribution in [2.24, 2.45) is 0 Å². The lowest BCUT2D eigenvalue weighted by molar-refractivity contribution is 0.426. The highest BCUT2D eigenvalue weighted by Crippen LogP contribution is 2.16. The van der Waals surface area contributed by atoms with Gasteiger partial charge in [0, 0.05) is 31.7 Å². The first kappa shape index (κ1) is 9.55. The zero-order chi connectivity index (χ0) is 9.97. The Labute approximate surface area is 81.3 Å². The topological polar surface area (TPSA) is 24.1 Å². The fourth-order valence-electron chi connectivity index (χ4n) is 1.67. The van der Waals surface area contributed by atoms with E-state index in [1.807, 2.05) is 0 Å². The van der Waals surface area contributed by atoms with E-state index >= 15 is 0 Å². The van der Waals surface area contributed by atoms with Crippen molar-refractivity contribution < 1.29 is 8.78 Å². The van der Waals surface area contributed by atoms with Gasteiger partial charge in [0.2, 0.25) is 0 Å². The molecule has 0 saturated carbocycles. The van der Waals surface area contributed by atoms with Crippen molar-refractivity contribution in [2.45, 2.75) is 6.04 Å².